The predicted octanol–water partition coefficient (Wildman–Crippen LogP) is 1.90. The molecule has 2 rings (SSSR count). The summed E-state index contributed by atoms with van der Waals surface area (Å²) in [5, 5.41) is 16.3. The number of hydrogen-bond acceptors (Lipinski definition) is 4. The highest BCUT2D eigenvalue weighted by Crippen LogP contribution is 2.24. The maximum absolute atomic E-state index is 12.2. The molecule has 0 bridgehead atoms. The molecule has 0 saturated heterocycles. The number of rotatable bonds is 7. The Labute approximate surface area is 145 Å². The van der Waals surface area contributed by atoms with E-state index >= 15 is 0 Å². The van der Waals surface area contributed by atoms with Gasteiger partial charge in [-0.3, -0.25) is 9.59 Å². The SMILES string of the molecule is CC(=O)Nc1ccc(NC(=O)C[C@@H](CC(=O)[O-])c2ccccc2)cc1. The maximum atomic E-state index is 12.2. The van der Waals surface area contributed by atoms with Gasteiger partial charge in [0.25, 0.3) is 0 Å². The zero-order valence-corrected chi connectivity index (χ0v) is 13.8. The fraction of sp³-hybridized carbons (Fsp3) is 0.211. The van der Waals surface area contributed by atoms with Crippen LogP contribution in [0.1, 0.15) is 31.2 Å². The number of carboxylic acid groups (broad SMARTS) is 1. The summed E-state index contributed by atoms with van der Waals surface area (Å²) >= 11 is 0. The molecule has 2 aromatic rings. The number of nitrogens with one attached hydrogen (secondary N) is 2. The number of carboxylic acids is 1. The van der Waals surface area contributed by atoms with Gasteiger partial charge in [0.05, 0.1) is 0 Å². The van der Waals surface area contributed by atoms with Crippen LogP contribution in [0.5, 0.6) is 0 Å². The van der Waals surface area contributed by atoms with Crippen molar-refractivity contribution in [3.8, 4) is 0 Å². The fourth-order valence-electron chi connectivity index (χ4n) is 2.51. The molecule has 130 valence electrons. The third kappa shape index (κ3) is 6.10. The van der Waals surface area contributed by atoms with Crippen LogP contribution in [0.4, 0.5) is 11.4 Å². The van der Waals surface area contributed by atoms with E-state index in [9.17, 15) is 19.5 Å². The van der Waals surface area contributed by atoms with Gasteiger partial charge in [-0.1, -0.05) is 30.3 Å². The van der Waals surface area contributed by atoms with E-state index in [1.165, 1.54) is 6.92 Å². The Morgan fingerprint density at radius 1 is 0.880 bits per heavy atom. The maximum Gasteiger partial charge on any atom is 0.224 e. The summed E-state index contributed by atoms with van der Waals surface area (Å²) in [6.45, 7) is 1.41. The van der Waals surface area contributed by atoms with Gasteiger partial charge in [0.1, 0.15) is 0 Å². The largest absolute Gasteiger partial charge is 0.550 e. The van der Waals surface area contributed by atoms with Gasteiger partial charge in [0.2, 0.25) is 11.8 Å². The third-order valence-electron chi connectivity index (χ3n) is 3.60. The molecule has 0 saturated carbocycles. The summed E-state index contributed by atoms with van der Waals surface area (Å²) in [6.07, 6.45) is -0.190. The molecule has 0 aliphatic heterocycles. The minimum absolute atomic E-state index is 0.0332. The van der Waals surface area contributed by atoms with E-state index < -0.39 is 11.9 Å². The topological polar surface area (TPSA) is 98.3 Å². The summed E-state index contributed by atoms with van der Waals surface area (Å²) in [6, 6.07) is 15.7. The van der Waals surface area contributed by atoms with Crippen molar-refractivity contribution in [1.29, 1.82) is 0 Å². The summed E-state index contributed by atoms with van der Waals surface area (Å²) in [5.41, 5.74) is 1.98. The average Bonchev–Trinajstić information content (AvgIpc) is 2.56. The van der Waals surface area contributed by atoms with E-state index in [0.717, 1.165) is 5.56 Å². The quantitative estimate of drug-likeness (QED) is 0.805. The second-order valence-corrected chi connectivity index (χ2v) is 5.69. The van der Waals surface area contributed by atoms with E-state index in [4.69, 9.17) is 0 Å². The van der Waals surface area contributed by atoms with Crippen molar-refractivity contribution in [2.75, 3.05) is 10.6 Å². The van der Waals surface area contributed by atoms with Crippen molar-refractivity contribution in [2.24, 2.45) is 0 Å². The minimum atomic E-state index is -1.19. The van der Waals surface area contributed by atoms with E-state index in [-0.39, 0.29) is 24.7 Å². The molecular formula is C19H19N2O4-. The lowest BCUT2D eigenvalue weighted by atomic mass is 9.92. The fourth-order valence-corrected chi connectivity index (χ4v) is 2.51. The van der Waals surface area contributed by atoms with Gasteiger partial charge >= 0.3 is 0 Å². The molecule has 0 aliphatic rings. The molecule has 25 heavy (non-hydrogen) atoms. The lowest BCUT2D eigenvalue weighted by Crippen LogP contribution is -2.26. The first-order chi connectivity index (χ1) is 11.9. The first-order valence-electron chi connectivity index (χ1n) is 7.86. The molecule has 2 N–H and O–H groups in total. The number of anilines is 2. The van der Waals surface area contributed by atoms with Crippen molar-refractivity contribution < 1.29 is 19.5 Å². The van der Waals surface area contributed by atoms with Crippen LogP contribution < -0.4 is 15.7 Å². The Balaban J connectivity index is 2.01. The van der Waals surface area contributed by atoms with E-state index in [1.807, 2.05) is 6.07 Å². The lowest BCUT2D eigenvalue weighted by Gasteiger charge is -2.18. The summed E-state index contributed by atoms with van der Waals surface area (Å²) < 4.78 is 0. The molecule has 2 aromatic carbocycles. The van der Waals surface area contributed by atoms with Gasteiger partial charge in [0, 0.05) is 30.7 Å². The Hall–Kier alpha value is -3.15. The number of aliphatic carboxylic acids is 1. The second-order valence-electron chi connectivity index (χ2n) is 5.69. The molecule has 6 heteroatoms. The Morgan fingerprint density at radius 3 is 1.96 bits per heavy atom. The van der Waals surface area contributed by atoms with Gasteiger partial charge in [-0.2, -0.15) is 0 Å². The second kappa shape index (κ2) is 8.63. The lowest BCUT2D eigenvalue weighted by molar-refractivity contribution is -0.306. The highest BCUT2D eigenvalue weighted by atomic mass is 16.4. The first-order valence-corrected chi connectivity index (χ1v) is 7.86. The number of benzene rings is 2. The summed E-state index contributed by atoms with van der Waals surface area (Å²) in [4.78, 5) is 34.2. The Kier molecular flexibility index (Phi) is 6.28. The Bertz CT molecular complexity index is 742. The number of carbonyl (C=O) groups is 3. The molecule has 0 unspecified atom stereocenters. The zero-order valence-electron chi connectivity index (χ0n) is 13.8. The molecular weight excluding hydrogens is 320 g/mol. The normalized spacial score (nSPS) is 11.4. The Morgan fingerprint density at radius 2 is 1.44 bits per heavy atom. The predicted molar refractivity (Wildman–Crippen MR) is 92.8 cm³/mol. The number of amides is 2. The molecule has 6 nitrogen and oxygen atoms in total. The highest BCUT2D eigenvalue weighted by molar-refractivity contribution is 5.92. The van der Waals surface area contributed by atoms with Crippen molar-refractivity contribution in [2.45, 2.75) is 25.7 Å². The van der Waals surface area contributed by atoms with Crippen LogP contribution in [0, 0.1) is 0 Å². The first kappa shape index (κ1) is 18.2. The van der Waals surface area contributed by atoms with Crippen LogP contribution in [0.2, 0.25) is 0 Å². The van der Waals surface area contributed by atoms with Gasteiger partial charge < -0.3 is 20.5 Å². The molecule has 0 spiro atoms. The third-order valence-corrected chi connectivity index (χ3v) is 3.60. The standard InChI is InChI=1S/C19H20N2O4/c1-13(22)20-16-7-9-17(10-8-16)21-18(23)11-15(12-19(24)25)14-5-3-2-4-6-14/h2-10,15H,11-12H2,1H3,(H,20,22)(H,21,23)(H,24,25)/p-1/t15-/m0/s1. The van der Waals surface area contributed by atoms with Crippen molar-refractivity contribution in [3.05, 3.63) is 60.2 Å². The molecule has 0 aliphatic carbocycles. The summed E-state index contributed by atoms with van der Waals surface area (Å²) in [7, 11) is 0. The van der Waals surface area contributed by atoms with Crippen LogP contribution in [0.15, 0.2) is 54.6 Å². The molecule has 2 amide bonds. The van der Waals surface area contributed by atoms with Crippen LogP contribution in [0.3, 0.4) is 0 Å². The number of hydrogen-bond donors (Lipinski definition) is 2. The zero-order chi connectivity index (χ0) is 18.2. The molecule has 0 radical (unpaired) electrons. The van der Waals surface area contributed by atoms with Crippen molar-refractivity contribution >= 4 is 29.2 Å². The monoisotopic (exact) mass is 339 g/mol. The number of carbonyl (C=O) groups excluding carboxylic acids is 3. The van der Waals surface area contributed by atoms with Gasteiger partial charge in [-0.05, 0) is 42.2 Å². The van der Waals surface area contributed by atoms with E-state index in [1.54, 1.807) is 48.5 Å². The van der Waals surface area contributed by atoms with Crippen molar-refractivity contribution in [3.63, 3.8) is 0 Å². The molecule has 0 fully saturated rings. The van der Waals surface area contributed by atoms with Gasteiger partial charge in [0.15, 0.2) is 0 Å². The van der Waals surface area contributed by atoms with E-state index in [0.29, 0.717) is 11.4 Å². The molecule has 1 atom stereocenters. The minimum Gasteiger partial charge on any atom is -0.550 e. The van der Waals surface area contributed by atoms with Crippen molar-refractivity contribution in [1.82, 2.24) is 0 Å². The molecule has 0 heterocycles. The smallest absolute Gasteiger partial charge is 0.224 e. The molecule has 0 aromatic heterocycles. The van der Waals surface area contributed by atoms with Gasteiger partial charge in [-0.15, -0.1) is 0 Å². The summed E-state index contributed by atoms with van der Waals surface area (Å²) in [5.74, 6) is -2.11. The van der Waals surface area contributed by atoms with Crippen LogP contribution in [-0.4, -0.2) is 17.8 Å². The average molecular weight is 339 g/mol. The van der Waals surface area contributed by atoms with E-state index in [2.05, 4.69) is 10.6 Å². The van der Waals surface area contributed by atoms with Gasteiger partial charge in [-0.25, -0.2) is 0 Å². The van der Waals surface area contributed by atoms with Crippen LogP contribution in [0.25, 0.3) is 0 Å². The highest BCUT2D eigenvalue weighted by Gasteiger charge is 2.16. The van der Waals surface area contributed by atoms with Crippen LogP contribution >= 0.6 is 0 Å². The van der Waals surface area contributed by atoms with Crippen LogP contribution in [-0.2, 0) is 14.4 Å².